The summed E-state index contributed by atoms with van der Waals surface area (Å²) in [4.78, 5) is 0. The number of ether oxygens (including phenoxy) is 1. The van der Waals surface area contributed by atoms with Crippen LogP contribution in [0.3, 0.4) is 0 Å². The summed E-state index contributed by atoms with van der Waals surface area (Å²) in [5.74, 6) is 1.30. The first-order valence-corrected chi connectivity index (χ1v) is 7.24. The Morgan fingerprint density at radius 1 is 1.65 bits per heavy atom. The maximum absolute atomic E-state index is 5.04. The molecule has 0 spiro atoms. The molecule has 1 N–H and O–H groups in total. The summed E-state index contributed by atoms with van der Waals surface area (Å²) < 4.78 is 6.96. The number of hydrogen-bond acceptors (Lipinski definition) is 4. The van der Waals surface area contributed by atoms with Gasteiger partial charge in [0.15, 0.2) is 0 Å². The van der Waals surface area contributed by atoms with Crippen LogP contribution in [-0.2, 0) is 11.3 Å². The Morgan fingerprint density at radius 3 is 3.29 bits per heavy atom. The topological polar surface area (TPSA) is 39.1 Å². The normalized spacial score (nSPS) is 24.8. The summed E-state index contributed by atoms with van der Waals surface area (Å²) in [5.41, 5.74) is 1.13. The third-order valence-corrected chi connectivity index (χ3v) is 4.50. The summed E-state index contributed by atoms with van der Waals surface area (Å²) in [6.07, 6.45) is 6.54. The van der Waals surface area contributed by atoms with Crippen LogP contribution in [0.25, 0.3) is 0 Å². The lowest BCUT2D eigenvalue weighted by molar-refractivity contribution is 0.183. The van der Waals surface area contributed by atoms with Crippen molar-refractivity contribution in [2.24, 2.45) is 0 Å². The molecule has 0 aliphatic carbocycles. The van der Waals surface area contributed by atoms with Gasteiger partial charge >= 0.3 is 0 Å². The second-order valence-electron chi connectivity index (χ2n) is 4.45. The zero-order valence-electron chi connectivity index (χ0n) is 10.6. The lowest BCUT2D eigenvalue weighted by atomic mass is 10.1. The smallest absolute Gasteiger partial charge is 0.0729 e. The van der Waals surface area contributed by atoms with Gasteiger partial charge in [0.2, 0.25) is 0 Å². The first-order chi connectivity index (χ1) is 8.29. The Hall–Kier alpha value is -0.680. The highest BCUT2D eigenvalue weighted by Gasteiger charge is 2.21. The van der Waals surface area contributed by atoms with Crippen LogP contribution in [0.5, 0.6) is 0 Å². The summed E-state index contributed by atoms with van der Waals surface area (Å²) in [7, 11) is 1.71. The Balaban J connectivity index is 1.87. The summed E-state index contributed by atoms with van der Waals surface area (Å²) in [6.45, 7) is 3.82. The van der Waals surface area contributed by atoms with Crippen molar-refractivity contribution in [3.8, 4) is 0 Å². The van der Waals surface area contributed by atoms with Crippen LogP contribution in [0.2, 0.25) is 0 Å². The fourth-order valence-electron chi connectivity index (χ4n) is 2.07. The van der Waals surface area contributed by atoms with Gasteiger partial charge in [-0.05, 0) is 18.6 Å². The molecule has 2 atom stereocenters. The van der Waals surface area contributed by atoms with E-state index in [9.17, 15) is 0 Å². The number of rotatable bonds is 5. The Kier molecular flexibility index (Phi) is 4.74. The number of nitrogens with zero attached hydrogens (tertiary/aromatic N) is 2. The summed E-state index contributed by atoms with van der Waals surface area (Å²) >= 11 is 2.06. The quantitative estimate of drug-likeness (QED) is 0.875. The molecule has 4 nitrogen and oxygen atoms in total. The standard InChI is InChI=1S/C12H21N3OS/c1-10-12(4-3-7-17-10)14-11-8-13-15(9-11)5-6-16-2/h8-10,12,14H,3-7H2,1-2H3. The van der Waals surface area contributed by atoms with E-state index in [1.807, 2.05) is 10.9 Å². The van der Waals surface area contributed by atoms with Crippen molar-refractivity contribution in [3.63, 3.8) is 0 Å². The van der Waals surface area contributed by atoms with Crippen molar-refractivity contribution < 1.29 is 4.74 Å². The van der Waals surface area contributed by atoms with Crippen LogP contribution in [0.1, 0.15) is 19.8 Å². The first-order valence-electron chi connectivity index (χ1n) is 6.19. The van der Waals surface area contributed by atoms with E-state index in [0.29, 0.717) is 17.9 Å². The van der Waals surface area contributed by atoms with Gasteiger partial charge in [-0.2, -0.15) is 16.9 Å². The number of methoxy groups -OCH3 is 1. The number of anilines is 1. The predicted octanol–water partition coefficient (Wildman–Crippen LogP) is 2.23. The van der Waals surface area contributed by atoms with E-state index in [1.165, 1.54) is 18.6 Å². The highest BCUT2D eigenvalue weighted by Crippen LogP contribution is 2.27. The minimum atomic E-state index is 0.578. The van der Waals surface area contributed by atoms with Crippen LogP contribution < -0.4 is 5.32 Å². The summed E-state index contributed by atoms with van der Waals surface area (Å²) in [6, 6.07) is 0.578. The molecule has 1 aliphatic heterocycles. The van der Waals surface area contributed by atoms with Gasteiger partial charge in [-0.25, -0.2) is 0 Å². The zero-order valence-corrected chi connectivity index (χ0v) is 11.4. The molecule has 2 rings (SSSR count). The van der Waals surface area contributed by atoms with E-state index in [-0.39, 0.29) is 0 Å². The fraction of sp³-hybridized carbons (Fsp3) is 0.750. The van der Waals surface area contributed by atoms with Crippen molar-refractivity contribution in [2.75, 3.05) is 24.8 Å². The SMILES string of the molecule is COCCn1cc(NC2CCCSC2C)cn1. The molecule has 0 amide bonds. The molecule has 96 valence electrons. The van der Waals surface area contributed by atoms with Crippen molar-refractivity contribution in [1.82, 2.24) is 9.78 Å². The van der Waals surface area contributed by atoms with Crippen LogP contribution in [-0.4, -0.2) is 40.5 Å². The molecule has 2 heterocycles. The third kappa shape index (κ3) is 3.64. The highest BCUT2D eigenvalue weighted by atomic mass is 32.2. The Bertz CT molecular complexity index is 342. The minimum Gasteiger partial charge on any atom is -0.383 e. The van der Waals surface area contributed by atoms with E-state index < -0.39 is 0 Å². The molecular formula is C12H21N3OS. The molecule has 0 saturated carbocycles. The number of aromatic nitrogens is 2. The van der Waals surface area contributed by atoms with Gasteiger partial charge in [0.1, 0.15) is 0 Å². The van der Waals surface area contributed by atoms with E-state index in [0.717, 1.165) is 12.2 Å². The monoisotopic (exact) mass is 255 g/mol. The van der Waals surface area contributed by atoms with Crippen LogP contribution in [0.15, 0.2) is 12.4 Å². The molecule has 2 unspecified atom stereocenters. The minimum absolute atomic E-state index is 0.578. The molecule has 0 aromatic carbocycles. The van der Waals surface area contributed by atoms with Crippen LogP contribution >= 0.6 is 11.8 Å². The maximum atomic E-state index is 5.04. The van der Waals surface area contributed by atoms with Gasteiger partial charge in [-0.15, -0.1) is 0 Å². The largest absolute Gasteiger partial charge is 0.383 e. The molecule has 0 radical (unpaired) electrons. The van der Waals surface area contributed by atoms with Gasteiger partial charge in [-0.3, -0.25) is 4.68 Å². The average Bonchev–Trinajstić information content (AvgIpc) is 2.77. The molecule has 1 fully saturated rings. The molecule has 1 aliphatic rings. The number of thioether (sulfide) groups is 1. The van der Waals surface area contributed by atoms with Gasteiger partial charge in [0.05, 0.1) is 25.0 Å². The van der Waals surface area contributed by atoms with E-state index in [2.05, 4.69) is 35.3 Å². The van der Waals surface area contributed by atoms with Crippen LogP contribution in [0, 0.1) is 0 Å². The molecule has 17 heavy (non-hydrogen) atoms. The van der Waals surface area contributed by atoms with Gasteiger partial charge in [-0.1, -0.05) is 6.92 Å². The van der Waals surface area contributed by atoms with Gasteiger partial charge in [0.25, 0.3) is 0 Å². The molecule has 0 bridgehead atoms. The van der Waals surface area contributed by atoms with E-state index in [1.54, 1.807) is 7.11 Å². The fourth-order valence-corrected chi connectivity index (χ4v) is 3.21. The molecular weight excluding hydrogens is 234 g/mol. The van der Waals surface area contributed by atoms with Crippen molar-refractivity contribution in [1.29, 1.82) is 0 Å². The number of nitrogens with one attached hydrogen (secondary N) is 1. The number of hydrogen-bond donors (Lipinski definition) is 1. The molecule has 1 aromatic heterocycles. The highest BCUT2D eigenvalue weighted by molar-refractivity contribution is 8.00. The second-order valence-corrected chi connectivity index (χ2v) is 5.94. The molecule has 5 heteroatoms. The van der Waals surface area contributed by atoms with Gasteiger partial charge < -0.3 is 10.1 Å². The molecule has 1 aromatic rings. The van der Waals surface area contributed by atoms with Crippen molar-refractivity contribution in [3.05, 3.63) is 12.4 Å². The zero-order chi connectivity index (χ0) is 12.1. The van der Waals surface area contributed by atoms with E-state index in [4.69, 9.17) is 4.74 Å². The van der Waals surface area contributed by atoms with Crippen molar-refractivity contribution in [2.45, 2.75) is 37.6 Å². The maximum Gasteiger partial charge on any atom is 0.0729 e. The molecule has 1 saturated heterocycles. The predicted molar refractivity (Wildman–Crippen MR) is 72.7 cm³/mol. The average molecular weight is 255 g/mol. The Labute approximate surface area is 107 Å². The second kappa shape index (κ2) is 6.31. The van der Waals surface area contributed by atoms with E-state index >= 15 is 0 Å². The van der Waals surface area contributed by atoms with Crippen LogP contribution in [0.4, 0.5) is 5.69 Å². The Morgan fingerprint density at radius 2 is 2.53 bits per heavy atom. The third-order valence-electron chi connectivity index (χ3n) is 3.12. The van der Waals surface area contributed by atoms with Gasteiger partial charge in [0, 0.05) is 24.6 Å². The van der Waals surface area contributed by atoms with Crippen molar-refractivity contribution >= 4 is 17.4 Å². The summed E-state index contributed by atoms with van der Waals surface area (Å²) in [5, 5.41) is 8.58. The lowest BCUT2D eigenvalue weighted by Gasteiger charge is -2.29. The lowest BCUT2D eigenvalue weighted by Crippen LogP contribution is -2.32. The first kappa shape index (κ1) is 12.8.